The minimum absolute atomic E-state index is 1.05. The highest BCUT2D eigenvalue weighted by atomic mass is 15.0. The van der Waals surface area contributed by atoms with Crippen LogP contribution in [-0.4, -0.2) is 11.5 Å². The van der Waals surface area contributed by atoms with Crippen LogP contribution in [0.25, 0.3) is 0 Å². The van der Waals surface area contributed by atoms with Crippen LogP contribution >= 0.6 is 0 Å². The molecule has 2 heterocycles. The molecule has 2 nitrogen and oxygen atoms in total. The van der Waals surface area contributed by atoms with E-state index in [1.165, 1.54) is 11.1 Å². The Morgan fingerprint density at radius 1 is 1.60 bits per heavy atom. The van der Waals surface area contributed by atoms with E-state index in [4.69, 9.17) is 0 Å². The third kappa shape index (κ3) is 0.685. The van der Waals surface area contributed by atoms with E-state index in [1.54, 1.807) is 0 Å². The number of anilines is 1. The number of nitrogens with zero attached hydrogens (tertiary/aromatic N) is 1. The molecule has 0 bridgehead atoms. The smallest absolute Gasteiger partial charge is 0.129 e. The molecular formula is C8H10N2. The standard InChI is InChI=1S/C8H10N2/c1-6-2-4-9-8-7(6)3-5-10-8/h2,4H,3,5H2,1H3,(H,9,10). The Hall–Kier alpha value is -1.05. The second kappa shape index (κ2) is 1.97. The molecule has 1 aliphatic rings. The van der Waals surface area contributed by atoms with Gasteiger partial charge in [0.15, 0.2) is 0 Å². The number of fused-ring (bicyclic) bond motifs is 1. The van der Waals surface area contributed by atoms with Crippen molar-refractivity contribution in [2.45, 2.75) is 13.3 Å². The first-order valence-electron chi connectivity index (χ1n) is 3.56. The van der Waals surface area contributed by atoms with E-state index in [9.17, 15) is 0 Å². The fourth-order valence-electron chi connectivity index (χ4n) is 1.36. The van der Waals surface area contributed by atoms with Gasteiger partial charge in [-0.1, -0.05) is 0 Å². The van der Waals surface area contributed by atoms with Gasteiger partial charge in [-0.3, -0.25) is 0 Å². The Bertz CT molecular complexity index is 255. The summed E-state index contributed by atoms with van der Waals surface area (Å²) in [5.41, 5.74) is 2.75. The van der Waals surface area contributed by atoms with Crippen molar-refractivity contribution in [1.29, 1.82) is 0 Å². The maximum Gasteiger partial charge on any atom is 0.129 e. The third-order valence-corrected chi connectivity index (χ3v) is 1.96. The van der Waals surface area contributed by atoms with Crippen LogP contribution in [0, 0.1) is 6.92 Å². The summed E-state index contributed by atoms with van der Waals surface area (Å²) in [7, 11) is 0. The molecular weight excluding hydrogens is 124 g/mol. The summed E-state index contributed by atoms with van der Waals surface area (Å²) in [4.78, 5) is 4.21. The van der Waals surface area contributed by atoms with Gasteiger partial charge >= 0.3 is 0 Å². The molecule has 0 amide bonds. The van der Waals surface area contributed by atoms with Crippen LogP contribution < -0.4 is 5.32 Å². The average Bonchev–Trinajstić information content (AvgIpc) is 2.36. The SMILES string of the molecule is Cc1ccnc2c1CCN2. The van der Waals surface area contributed by atoms with Crippen LogP contribution in [0.4, 0.5) is 5.82 Å². The maximum atomic E-state index is 4.21. The number of rotatable bonds is 0. The zero-order valence-corrected chi connectivity index (χ0v) is 6.02. The second-order valence-electron chi connectivity index (χ2n) is 2.63. The van der Waals surface area contributed by atoms with Gasteiger partial charge in [0.1, 0.15) is 5.82 Å². The predicted molar refractivity (Wildman–Crippen MR) is 41.2 cm³/mol. The lowest BCUT2D eigenvalue weighted by atomic mass is 10.1. The van der Waals surface area contributed by atoms with E-state index in [1.807, 2.05) is 6.20 Å². The fraction of sp³-hybridized carbons (Fsp3) is 0.375. The van der Waals surface area contributed by atoms with E-state index in [2.05, 4.69) is 23.3 Å². The van der Waals surface area contributed by atoms with Gasteiger partial charge in [-0.15, -0.1) is 0 Å². The second-order valence-corrected chi connectivity index (χ2v) is 2.63. The Kier molecular flexibility index (Phi) is 1.13. The first-order valence-corrected chi connectivity index (χ1v) is 3.56. The van der Waals surface area contributed by atoms with Crippen molar-refractivity contribution in [2.75, 3.05) is 11.9 Å². The summed E-state index contributed by atoms with van der Waals surface area (Å²) in [6, 6.07) is 2.06. The van der Waals surface area contributed by atoms with Gasteiger partial charge in [0, 0.05) is 12.7 Å². The predicted octanol–water partition coefficient (Wildman–Crippen LogP) is 1.36. The number of hydrogen-bond donors (Lipinski definition) is 1. The van der Waals surface area contributed by atoms with Crippen LogP contribution in [0.15, 0.2) is 12.3 Å². The zero-order chi connectivity index (χ0) is 6.97. The lowest BCUT2D eigenvalue weighted by molar-refractivity contribution is 1.09. The summed E-state index contributed by atoms with van der Waals surface area (Å²) >= 11 is 0. The molecule has 0 radical (unpaired) electrons. The Labute approximate surface area is 60.3 Å². The van der Waals surface area contributed by atoms with E-state index in [0.29, 0.717) is 0 Å². The quantitative estimate of drug-likeness (QED) is 0.579. The molecule has 10 heavy (non-hydrogen) atoms. The van der Waals surface area contributed by atoms with Gasteiger partial charge in [0.25, 0.3) is 0 Å². The summed E-state index contributed by atoms with van der Waals surface area (Å²) in [6.07, 6.45) is 2.99. The minimum atomic E-state index is 1.05. The molecule has 0 saturated carbocycles. The highest BCUT2D eigenvalue weighted by Crippen LogP contribution is 2.21. The van der Waals surface area contributed by atoms with Crippen LogP contribution in [-0.2, 0) is 6.42 Å². The number of pyridine rings is 1. The number of aromatic nitrogens is 1. The summed E-state index contributed by atoms with van der Waals surface area (Å²) < 4.78 is 0. The first-order chi connectivity index (χ1) is 4.88. The highest BCUT2D eigenvalue weighted by Gasteiger charge is 2.11. The van der Waals surface area contributed by atoms with Crippen LogP contribution in [0.5, 0.6) is 0 Å². The van der Waals surface area contributed by atoms with E-state index < -0.39 is 0 Å². The monoisotopic (exact) mass is 134 g/mol. The lowest BCUT2D eigenvalue weighted by Crippen LogP contribution is -1.92. The average molecular weight is 134 g/mol. The Morgan fingerprint density at radius 3 is 3.30 bits per heavy atom. The van der Waals surface area contributed by atoms with Gasteiger partial charge in [0.2, 0.25) is 0 Å². The van der Waals surface area contributed by atoms with Crippen molar-refractivity contribution in [2.24, 2.45) is 0 Å². The lowest BCUT2D eigenvalue weighted by Gasteiger charge is -1.99. The van der Waals surface area contributed by atoms with E-state index in [0.717, 1.165) is 18.8 Å². The molecule has 52 valence electrons. The van der Waals surface area contributed by atoms with Crippen molar-refractivity contribution in [3.05, 3.63) is 23.4 Å². The third-order valence-electron chi connectivity index (χ3n) is 1.96. The topological polar surface area (TPSA) is 24.9 Å². The van der Waals surface area contributed by atoms with E-state index >= 15 is 0 Å². The molecule has 2 heteroatoms. The van der Waals surface area contributed by atoms with Crippen LogP contribution in [0.1, 0.15) is 11.1 Å². The summed E-state index contributed by atoms with van der Waals surface area (Å²) in [5.74, 6) is 1.08. The van der Waals surface area contributed by atoms with Crippen LogP contribution in [0.2, 0.25) is 0 Å². The fourth-order valence-corrected chi connectivity index (χ4v) is 1.36. The maximum absolute atomic E-state index is 4.21. The number of nitrogens with one attached hydrogen (secondary N) is 1. The van der Waals surface area contributed by atoms with Crippen molar-refractivity contribution in [1.82, 2.24) is 4.98 Å². The van der Waals surface area contributed by atoms with E-state index in [-0.39, 0.29) is 0 Å². The van der Waals surface area contributed by atoms with Gasteiger partial charge in [-0.05, 0) is 30.5 Å². The van der Waals surface area contributed by atoms with Gasteiger partial charge in [0.05, 0.1) is 0 Å². The van der Waals surface area contributed by atoms with Gasteiger partial charge in [-0.2, -0.15) is 0 Å². The summed E-state index contributed by atoms with van der Waals surface area (Å²) in [6.45, 7) is 3.18. The molecule has 0 atom stereocenters. The largest absolute Gasteiger partial charge is 0.370 e. The Balaban J connectivity index is 2.59. The van der Waals surface area contributed by atoms with Crippen molar-refractivity contribution in [3.63, 3.8) is 0 Å². The van der Waals surface area contributed by atoms with Crippen molar-refractivity contribution in [3.8, 4) is 0 Å². The molecule has 1 aromatic rings. The zero-order valence-electron chi connectivity index (χ0n) is 6.02. The molecule has 1 aromatic heterocycles. The normalized spacial score (nSPS) is 14.5. The van der Waals surface area contributed by atoms with Crippen molar-refractivity contribution >= 4 is 5.82 Å². The number of hydrogen-bond acceptors (Lipinski definition) is 2. The minimum Gasteiger partial charge on any atom is -0.370 e. The van der Waals surface area contributed by atoms with Gasteiger partial charge in [-0.25, -0.2) is 4.98 Å². The number of aryl methyl sites for hydroxylation is 1. The molecule has 0 aliphatic carbocycles. The van der Waals surface area contributed by atoms with Gasteiger partial charge < -0.3 is 5.32 Å². The summed E-state index contributed by atoms with van der Waals surface area (Å²) in [5, 5.41) is 3.23. The first kappa shape index (κ1) is 5.71. The molecule has 0 fully saturated rings. The Morgan fingerprint density at radius 2 is 2.50 bits per heavy atom. The van der Waals surface area contributed by atoms with Crippen molar-refractivity contribution < 1.29 is 0 Å². The molecule has 0 saturated heterocycles. The molecule has 1 aliphatic heterocycles. The molecule has 0 aromatic carbocycles. The molecule has 0 spiro atoms. The highest BCUT2D eigenvalue weighted by molar-refractivity contribution is 5.52. The molecule has 2 rings (SSSR count). The van der Waals surface area contributed by atoms with Crippen LogP contribution in [0.3, 0.4) is 0 Å². The molecule has 1 N–H and O–H groups in total. The molecule has 0 unspecified atom stereocenters.